The first kappa shape index (κ1) is 9.03. The van der Waals surface area contributed by atoms with Crippen molar-refractivity contribution in [3.8, 4) is 6.07 Å². The molecule has 0 unspecified atom stereocenters. The summed E-state index contributed by atoms with van der Waals surface area (Å²) in [5.41, 5.74) is 0.566. The molecule has 1 aromatic carbocycles. The van der Waals surface area contributed by atoms with Crippen molar-refractivity contribution in [2.75, 3.05) is 13.3 Å². The van der Waals surface area contributed by atoms with Gasteiger partial charge in [-0.25, -0.2) is 0 Å². The van der Waals surface area contributed by atoms with Crippen LogP contribution in [0.3, 0.4) is 0 Å². The maximum absolute atomic E-state index is 11.6. The van der Waals surface area contributed by atoms with E-state index in [9.17, 15) is 4.57 Å². The zero-order valence-corrected chi connectivity index (χ0v) is 8.01. The highest BCUT2D eigenvalue weighted by Gasteiger charge is 2.10. The molecule has 1 aromatic rings. The third kappa shape index (κ3) is 1.96. The quantitative estimate of drug-likeness (QED) is 0.617. The van der Waals surface area contributed by atoms with Crippen LogP contribution in [0.25, 0.3) is 0 Å². The Bertz CT molecular complexity index is 372. The lowest BCUT2D eigenvalue weighted by Crippen LogP contribution is -2.02. The standard InChI is InChI=1S/C9H10NOP/c1-12(2,11)9-5-3-4-8(6-9)7-10/h3-6H,1-2H3. The van der Waals surface area contributed by atoms with Crippen molar-refractivity contribution in [1.29, 1.82) is 5.26 Å². The Morgan fingerprint density at radius 2 is 2.08 bits per heavy atom. The minimum atomic E-state index is -2.21. The molecule has 0 aliphatic rings. The molecule has 3 heteroatoms. The second-order valence-electron chi connectivity index (χ2n) is 3.01. The summed E-state index contributed by atoms with van der Waals surface area (Å²) in [5, 5.41) is 9.35. The third-order valence-corrected chi connectivity index (χ3v) is 3.12. The van der Waals surface area contributed by atoms with E-state index < -0.39 is 7.14 Å². The van der Waals surface area contributed by atoms with Gasteiger partial charge in [0.1, 0.15) is 7.14 Å². The lowest BCUT2D eigenvalue weighted by molar-refractivity contribution is 0.588. The van der Waals surface area contributed by atoms with E-state index >= 15 is 0 Å². The average molecular weight is 179 g/mol. The van der Waals surface area contributed by atoms with Gasteiger partial charge in [0.05, 0.1) is 11.6 Å². The van der Waals surface area contributed by atoms with Crippen molar-refractivity contribution in [1.82, 2.24) is 0 Å². The van der Waals surface area contributed by atoms with Gasteiger partial charge in [0.15, 0.2) is 0 Å². The van der Waals surface area contributed by atoms with Crippen LogP contribution in [0.4, 0.5) is 0 Å². The van der Waals surface area contributed by atoms with Crippen molar-refractivity contribution in [3.05, 3.63) is 29.8 Å². The first-order valence-electron chi connectivity index (χ1n) is 3.60. The maximum Gasteiger partial charge on any atom is 0.109 e. The SMILES string of the molecule is CP(C)(=O)c1cccc(C#N)c1. The van der Waals surface area contributed by atoms with Gasteiger partial charge in [0.2, 0.25) is 0 Å². The highest BCUT2D eigenvalue weighted by Crippen LogP contribution is 2.34. The molecule has 0 spiro atoms. The molecule has 1 rings (SSSR count). The van der Waals surface area contributed by atoms with Gasteiger partial charge in [0.25, 0.3) is 0 Å². The molecule has 12 heavy (non-hydrogen) atoms. The van der Waals surface area contributed by atoms with Gasteiger partial charge < -0.3 is 4.57 Å². The van der Waals surface area contributed by atoms with Gasteiger partial charge in [-0.05, 0) is 25.5 Å². The van der Waals surface area contributed by atoms with Crippen molar-refractivity contribution in [2.45, 2.75) is 0 Å². The van der Waals surface area contributed by atoms with Crippen molar-refractivity contribution < 1.29 is 4.57 Å². The maximum atomic E-state index is 11.6. The number of nitriles is 1. The second kappa shape index (κ2) is 3.13. The van der Waals surface area contributed by atoms with E-state index in [-0.39, 0.29) is 0 Å². The Hall–Kier alpha value is -1.06. The number of hydrogen-bond acceptors (Lipinski definition) is 2. The molecule has 0 aliphatic carbocycles. The van der Waals surface area contributed by atoms with E-state index in [2.05, 4.69) is 0 Å². The molecular weight excluding hydrogens is 169 g/mol. The van der Waals surface area contributed by atoms with Gasteiger partial charge in [-0.15, -0.1) is 0 Å². The molecule has 62 valence electrons. The number of hydrogen-bond donors (Lipinski definition) is 0. The van der Waals surface area contributed by atoms with Crippen molar-refractivity contribution in [2.24, 2.45) is 0 Å². The van der Waals surface area contributed by atoms with Crippen LogP contribution in [0.15, 0.2) is 24.3 Å². The predicted octanol–water partition coefficient (Wildman–Crippen LogP) is 1.81. The number of nitrogens with zero attached hydrogens (tertiary/aromatic N) is 1. The summed E-state index contributed by atoms with van der Waals surface area (Å²) in [6, 6.07) is 8.96. The molecule has 0 amide bonds. The van der Waals surface area contributed by atoms with Gasteiger partial charge in [-0.1, -0.05) is 12.1 Å². The van der Waals surface area contributed by atoms with Gasteiger partial charge in [0, 0.05) is 5.30 Å². The van der Waals surface area contributed by atoms with Crippen LogP contribution in [0.5, 0.6) is 0 Å². The number of benzene rings is 1. The van der Waals surface area contributed by atoms with Crippen LogP contribution in [0, 0.1) is 11.3 Å². The van der Waals surface area contributed by atoms with Gasteiger partial charge >= 0.3 is 0 Å². The van der Waals surface area contributed by atoms with Crippen molar-refractivity contribution >= 4 is 12.4 Å². The topological polar surface area (TPSA) is 40.9 Å². The first-order valence-corrected chi connectivity index (χ1v) is 6.20. The monoisotopic (exact) mass is 179 g/mol. The van der Waals surface area contributed by atoms with Crippen LogP contribution in [0.2, 0.25) is 0 Å². The van der Waals surface area contributed by atoms with Crippen LogP contribution in [-0.2, 0) is 4.57 Å². The average Bonchev–Trinajstić information content (AvgIpc) is 2.03. The molecule has 0 atom stereocenters. The number of rotatable bonds is 1. The van der Waals surface area contributed by atoms with Crippen LogP contribution in [-0.4, -0.2) is 13.3 Å². The molecule has 0 radical (unpaired) electrons. The molecular formula is C9H10NOP. The molecule has 0 saturated carbocycles. The fraction of sp³-hybridized carbons (Fsp3) is 0.222. The van der Waals surface area contributed by atoms with Gasteiger partial charge in [-0.3, -0.25) is 0 Å². The largest absolute Gasteiger partial charge is 0.319 e. The Morgan fingerprint density at radius 1 is 1.42 bits per heavy atom. The summed E-state index contributed by atoms with van der Waals surface area (Å²) in [6.07, 6.45) is 0. The van der Waals surface area contributed by atoms with E-state index in [1.807, 2.05) is 6.07 Å². The van der Waals surface area contributed by atoms with Gasteiger partial charge in [-0.2, -0.15) is 5.26 Å². The zero-order chi connectivity index (χ0) is 9.19. The van der Waals surface area contributed by atoms with Crippen molar-refractivity contribution in [3.63, 3.8) is 0 Å². The predicted molar refractivity (Wildman–Crippen MR) is 50.2 cm³/mol. The Balaban J connectivity index is 3.22. The molecule has 0 aliphatic heterocycles. The fourth-order valence-corrected chi connectivity index (χ4v) is 1.81. The van der Waals surface area contributed by atoms with Crippen LogP contribution in [0.1, 0.15) is 5.56 Å². The normalized spacial score (nSPS) is 10.8. The summed E-state index contributed by atoms with van der Waals surface area (Å²) in [4.78, 5) is 0. The lowest BCUT2D eigenvalue weighted by Gasteiger charge is -2.05. The molecule has 0 saturated heterocycles. The van der Waals surface area contributed by atoms with E-state index in [0.717, 1.165) is 5.30 Å². The van der Waals surface area contributed by atoms with Crippen LogP contribution < -0.4 is 5.30 Å². The second-order valence-corrected chi connectivity index (χ2v) is 6.23. The summed E-state index contributed by atoms with van der Waals surface area (Å²) in [6.45, 7) is 3.40. The zero-order valence-electron chi connectivity index (χ0n) is 7.11. The first-order chi connectivity index (χ1) is 5.54. The smallest absolute Gasteiger partial charge is 0.109 e. The Labute approximate surface area is 72.2 Å². The van der Waals surface area contributed by atoms with E-state index in [0.29, 0.717) is 5.56 Å². The highest BCUT2D eigenvalue weighted by molar-refractivity contribution is 7.70. The summed E-state index contributed by atoms with van der Waals surface area (Å²) in [5.74, 6) is 0. The summed E-state index contributed by atoms with van der Waals surface area (Å²) in [7, 11) is -2.21. The molecule has 0 N–H and O–H groups in total. The molecule has 0 aromatic heterocycles. The summed E-state index contributed by atoms with van der Waals surface area (Å²) >= 11 is 0. The van der Waals surface area contributed by atoms with Crippen LogP contribution >= 0.6 is 7.14 Å². The lowest BCUT2D eigenvalue weighted by atomic mass is 10.2. The van der Waals surface area contributed by atoms with E-state index in [1.165, 1.54) is 0 Å². The van der Waals surface area contributed by atoms with E-state index in [1.54, 1.807) is 37.6 Å². The Morgan fingerprint density at radius 3 is 2.58 bits per heavy atom. The fourth-order valence-electron chi connectivity index (χ4n) is 0.910. The molecule has 0 heterocycles. The highest BCUT2D eigenvalue weighted by atomic mass is 31.2. The van der Waals surface area contributed by atoms with E-state index in [4.69, 9.17) is 5.26 Å². The Kier molecular flexibility index (Phi) is 2.35. The summed E-state index contributed by atoms with van der Waals surface area (Å²) < 4.78 is 11.6. The molecule has 2 nitrogen and oxygen atoms in total. The molecule has 0 fully saturated rings. The third-order valence-electron chi connectivity index (χ3n) is 1.60. The minimum Gasteiger partial charge on any atom is -0.319 e. The minimum absolute atomic E-state index is 0.566. The molecule has 0 bridgehead atoms.